The molecule has 0 heterocycles. The summed E-state index contributed by atoms with van der Waals surface area (Å²) in [5.41, 5.74) is 22.9. The molecular formula is C21H35N7O4. The maximum absolute atomic E-state index is 12.8. The van der Waals surface area contributed by atoms with Crippen LogP contribution in [0.15, 0.2) is 35.3 Å². The third-order valence-corrected chi connectivity index (χ3v) is 4.77. The number of nitrogens with one attached hydrogen (secondary N) is 2. The Morgan fingerprint density at radius 1 is 0.938 bits per heavy atom. The van der Waals surface area contributed by atoms with E-state index in [9.17, 15) is 19.5 Å². The minimum atomic E-state index is -1.18. The normalized spacial score (nSPS) is 13.4. The van der Waals surface area contributed by atoms with Crippen LogP contribution in [0.1, 0.15) is 37.7 Å². The van der Waals surface area contributed by atoms with Crippen LogP contribution in [-0.4, -0.2) is 60.1 Å². The van der Waals surface area contributed by atoms with Gasteiger partial charge >= 0.3 is 5.97 Å². The molecule has 11 heteroatoms. The minimum absolute atomic E-state index is 0.0876. The third kappa shape index (κ3) is 10.7. The number of aliphatic carboxylic acids is 1. The van der Waals surface area contributed by atoms with Crippen molar-refractivity contribution in [3.05, 3.63) is 35.9 Å². The highest BCUT2D eigenvalue weighted by atomic mass is 16.4. The Kier molecular flexibility index (Phi) is 12.4. The molecule has 0 aliphatic heterocycles. The van der Waals surface area contributed by atoms with Crippen LogP contribution in [0, 0.1) is 0 Å². The van der Waals surface area contributed by atoms with Crippen LogP contribution in [0.4, 0.5) is 0 Å². The Morgan fingerprint density at radius 3 is 2.16 bits per heavy atom. The Morgan fingerprint density at radius 2 is 1.56 bits per heavy atom. The van der Waals surface area contributed by atoms with Gasteiger partial charge in [0, 0.05) is 6.54 Å². The summed E-state index contributed by atoms with van der Waals surface area (Å²) >= 11 is 0. The van der Waals surface area contributed by atoms with E-state index in [1.165, 1.54) is 0 Å². The molecule has 0 aromatic heterocycles. The average Bonchev–Trinajstić information content (AvgIpc) is 2.75. The van der Waals surface area contributed by atoms with Gasteiger partial charge in [-0.05, 0) is 50.6 Å². The van der Waals surface area contributed by atoms with Crippen molar-refractivity contribution >= 4 is 23.7 Å². The van der Waals surface area contributed by atoms with E-state index in [2.05, 4.69) is 15.6 Å². The summed E-state index contributed by atoms with van der Waals surface area (Å²) in [5, 5.41) is 14.6. The van der Waals surface area contributed by atoms with Crippen LogP contribution in [0.2, 0.25) is 0 Å². The summed E-state index contributed by atoms with van der Waals surface area (Å²) in [4.78, 5) is 40.7. The number of benzene rings is 1. The Balaban J connectivity index is 2.74. The molecule has 1 rings (SSSR count). The van der Waals surface area contributed by atoms with Crippen molar-refractivity contribution in [3.8, 4) is 0 Å². The van der Waals surface area contributed by atoms with Crippen LogP contribution in [0.5, 0.6) is 0 Å². The lowest BCUT2D eigenvalue weighted by molar-refractivity contribution is -0.142. The number of carboxylic acids is 1. The molecule has 0 aliphatic rings. The molecule has 2 amide bonds. The van der Waals surface area contributed by atoms with Crippen LogP contribution < -0.4 is 33.6 Å². The second-order valence-electron chi connectivity index (χ2n) is 7.49. The molecule has 1 aromatic carbocycles. The predicted molar refractivity (Wildman–Crippen MR) is 122 cm³/mol. The molecule has 0 aliphatic carbocycles. The first-order valence-corrected chi connectivity index (χ1v) is 10.6. The topological polar surface area (TPSA) is 212 Å². The fourth-order valence-corrected chi connectivity index (χ4v) is 3.03. The van der Waals surface area contributed by atoms with Gasteiger partial charge in [0.2, 0.25) is 11.8 Å². The molecule has 32 heavy (non-hydrogen) atoms. The summed E-state index contributed by atoms with van der Waals surface area (Å²) in [6.07, 6.45) is 2.37. The van der Waals surface area contributed by atoms with Gasteiger partial charge in [-0.2, -0.15) is 0 Å². The number of guanidine groups is 1. The van der Waals surface area contributed by atoms with E-state index in [0.717, 1.165) is 5.56 Å². The molecule has 0 saturated heterocycles. The lowest BCUT2D eigenvalue weighted by Gasteiger charge is -2.23. The Labute approximate surface area is 188 Å². The number of aliphatic imine (C=N–C) groups is 1. The van der Waals surface area contributed by atoms with Gasteiger partial charge in [0.25, 0.3) is 0 Å². The highest BCUT2D eigenvalue weighted by Crippen LogP contribution is 2.06. The number of carboxylic acid groups (broad SMARTS) is 1. The van der Waals surface area contributed by atoms with E-state index in [1.54, 1.807) is 0 Å². The maximum atomic E-state index is 12.8. The van der Waals surface area contributed by atoms with Gasteiger partial charge in [0.1, 0.15) is 12.1 Å². The van der Waals surface area contributed by atoms with Crippen LogP contribution in [-0.2, 0) is 20.8 Å². The lowest BCUT2D eigenvalue weighted by Crippen LogP contribution is -2.54. The van der Waals surface area contributed by atoms with Gasteiger partial charge in [0.15, 0.2) is 5.96 Å². The number of nitrogens with two attached hydrogens (primary N) is 4. The second kappa shape index (κ2) is 14.8. The SMILES string of the molecule is NCCCC[C@H](NC(=O)[C@@H](N)Cc1ccccc1)C(=O)N[C@@H](CCCN=C(N)N)C(=O)O. The maximum Gasteiger partial charge on any atom is 0.326 e. The van der Waals surface area contributed by atoms with Crippen molar-refractivity contribution in [1.29, 1.82) is 0 Å². The number of amides is 2. The average molecular weight is 450 g/mol. The number of hydrogen-bond acceptors (Lipinski definition) is 6. The summed E-state index contributed by atoms with van der Waals surface area (Å²) in [7, 11) is 0. The summed E-state index contributed by atoms with van der Waals surface area (Å²) < 4.78 is 0. The highest BCUT2D eigenvalue weighted by Gasteiger charge is 2.27. The number of hydrogen-bond donors (Lipinski definition) is 7. The predicted octanol–water partition coefficient (Wildman–Crippen LogP) is -1.21. The zero-order valence-corrected chi connectivity index (χ0v) is 18.2. The van der Waals surface area contributed by atoms with E-state index < -0.39 is 35.9 Å². The summed E-state index contributed by atoms with van der Waals surface area (Å²) in [6.45, 7) is 0.686. The number of rotatable bonds is 15. The van der Waals surface area contributed by atoms with Crippen LogP contribution >= 0.6 is 0 Å². The third-order valence-electron chi connectivity index (χ3n) is 4.77. The quantitative estimate of drug-likeness (QED) is 0.0978. The smallest absolute Gasteiger partial charge is 0.326 e. The fraction of sp³-hybridized carbons (Fsp3) is 0.524. The molecule has 0 spiro atoms. The zero-order chi connectivity index (χ0) is 23.9. The molecule has 0 fully saturated rings. The number of unbranched alkanes of at least 4 members (excludes halogenated alkanes) is 1. The first kappa shape index (κ1) is 26.9. The first-order valence-electron chi connectivity index (χ1n) is 10.6. The van der Waals surface area contributed by atoms with Crippen molar-refractivity contribution < 1.29 is 19.5 Å². The Hall–Kier alpha value is -3.18. The molecule has 178 valence electrons. The largest absolute Gasteiger partial charge is 0.480 e. The minimum Gasteiger partial charge on any atom is -0.480 e. The molecule has 1 aromatic rings. The van der Waals surface area contributed by atoms with E-state index in [4.69, 9.17) is 22.9 Å². The Bertz CT molecular complexity index is 754. The van der Waals surface area contributed by atoms with Gasteiger partial charge in [-0.3, -0.25) is 14.6 Å². The van der Waals surface area contributed by atoms with Crippen molar-refractivity contribution in [2.75, 3.05) is 13.1 Å². The van der Waals surface area contributed by atoms with Gasteiger partial charge < -0.3 is 38.7 Å². The van der Waals surface area contributed by atoms with Crippen molar-refractivity contribution in [1.82, 2.24) is 10.6 Å². The first-order chi connectivity index (χ1) is 15.2. The van der Waals surface area contributed by atoms with Gasteiger partial charge in [-0.15, -0.1) is 0 Å². The van der Waals surface area contributed by atoms with Crippen molar-refractivity contribution in [2.45, 2.75) is 56.7 Å². The molecule has 0 bridgehead atoms. The van der Waals surface area contributed by atoms with Gasteiger partial charge in [-0.25, -0.2) is 4.79 Å². The summed E-state index contributed by atoms with van der Waals surface area (Å²) in [5.74, 6) is -2.34. The van der Waals surface area contributed by atoms with E-state index in [0.29, 0.717) is 38.6 Å². The molecule has 11 N–H and O–H groups in total. The highest BCUT2D eigenvalue weighted by molar-refractivity contribution is 5.91. The van der Waals surface area contributed by atoms with Crippen LogP contribution in [0.3, 0.4) is 0 Å². The van der Waals surface area contributed by atoms with E-state index in [1.807, 2.05) is 30.3 Å². The van der Waals surface area contributed by atoms with Gasteiger partial charge in [-0.1, -0.05) is 30.3 Å². The number of carbonyl (C=O) groups excluding carboxylic acids is 2. The number of nitrogens with zero attached hydrogens (tertiary/aromatic N) is 1. The molecule has 0 saturated carbocycles. The fourth-order valence-electron chi connectivity index (χ4n) is 3.03. The molecule has 11 nitrogen and oxygen atoms in total. The number of carbonyl (C=O) groups is 3. The van der Waals surface area contributed by atoms with Crippen LogP contribution in [0.25, 0.3) is 0 Å². The van der Waals surface area contributed by atoms with Gasteiger partial charge in [0.05, 0.1) is 6.04 Å². The van der Waals surface area contributed by atoms with Crippen molar-refractivity contribution in [3.63, 3.8) is 0 Å². The standard InChI is InChI=1S/C21H35N7O4/c22-11-5-4-9-16(27-18(29)15(23)13-14-7-2-1-3-8-14)19(30)28-17(20(31)32)10-6-12-26-21(24)25/h1-3,7-8,15-17H,4-6,9-13,22-23H2,(H,27,29)(H,28,30)(H,31,32)(H4,24,25,26)/t15-,16-,17-/m0/s1. The summed E-state index contributed by atoms with van der Waals surface area (Å²) in [6, 6.07) is 6.38. The lowest BCUT2D eigenvalue weighted by atomic mass is 10.0. The molecule has 0 unspecified atom stereocenters. The monoisotopic (exact) mass is 449 g/mol. The van der Waals surface area contributed by atoms with E-state index >= 15 is 0 Å². The molecule has 3 atom stereocenters. The zero-order valence-electron chi connectivity index (χ0n) is 18.2. The molecular weight excluding hydrogens is 414 g/mol. The van der Waals surface area contributed by atoms with Crippen molar-refractivity contribution in [2.24, 2.45) is 27.9 Å². The molecule has 0 radical (unpaired) electrons. The second-order valence-corrected chi connectivity index (χ2v) is 7.49. The van der Waals surface area contributed by atoms with E-state index in [-0.39, 0.29) is 18.9 Å².